The van der Waals surface area contributed by atoms with Crippen molar-refractivity contribution in [2.75, 3.05) is 5.75 Å². The van der Waals surface area contributed by atoms with Crippen molar-refractivity contribution in [3.63, 3.8) is 0 Å². The molecule has 1 unspecified atom stereocenters. The van der Waals surface area contributed by atoms with Gasteiger partial charge in [-0.05, 0) is 6.42 Å². The highest BCUT2D eigenvalue weighted by Gasteiger charge is 1.97. The predicted molar refractivity (Wildman–Crippen MR) is 151 cm³/mol. The normalized spacial score (nSPS) is 12.4. The average Bonchev–Trinajstić information content (AvgIpc) is 2.80. The molecule has 2 nitrogen and oxygen atoms in total. The van der Waals surface area contributed by atoms with Crippen LogP contribution in [0.4, 0.5) is 0 Å². The number of hydrogen-bond donors (Lipinski definition) is 1. The SMILES string of the molecule is CCCCCCCCCCCCCCCCCCCCCCCCCCCCCCS(=O)O. The Kier molecular flexibility index (Phi) is 30.2. The van der Waals surface area contributed by atoms with Crippen LogP contribution in [0, 0.1) is 0 Å². The first-order valence-electron chi connectivity index (χ1n) is 15.3. The molecule has 0 rings (SSSR count). The molecule has 0 saturated carbocycles. The molecule has 0 spiro atoms. The van der Waals surface area contributed by atoms with Crippen LogP contribution in [0.5, 0.6) is 0 Å². The topological polar surface area (TPSA) is 37.3 Å². The second kappa shape index (κ2) is 30.1. The number of hydrogen-bond acceptors (Lipinski definition) is 1. The fourth-order valence-electron chi connectivity index (χ4n) is 4.89. The summed E-state index contributed by atoms with van der Waals surface area (Å²) in [4.78, 5) is 0. The van der Waals surface area contributed by atoms with E-state index in [1.807, 2.05) is 0 Å². The Morgan fingerprint density at radius 1 is 0.364 bits per heavy atom. The Hall–Kier alpha value is 0.110. The summed E-state index contributed by atoms with van der Waals surface area (Å²) >= 11 is -1.59. The highest BCUT2D eigenvalue weighted by molar-refractivity contribution is 7.79. The van der Waals surface area contributed by atoms with E-state index in [-0.39, 0.29) is 0 Å². The van der Waals surface area contributed by atoms with Crippen molar-refractivity contribution < 1.29 is 8.76 Å². The van der Waals surface area contributed by atoms with Gasteiger partial charge in [-0.3, -0.25) is 0 Å². The van der Waals surface area contributed by atoms with Crippen LogP contribution < -0.4 is 0 Å². The van der Waals surface area contributed by atoms with Crippen LogP contribution in [0.1, 0.15) is 187 Å². The van der Waals surface area contributed by atoms with Crippen LogP contribution in [0.15, 0.2) is 0 Å². The minimum atomic E-state index is -1.59. The molecule has 0 fully saturated rings. The minimum Gasteiger partial charge on any atom is -0.306 e. The van der Waals surface area contributed by atoms with Gasteiger partial charge in [-0.15, -0.1) is 0 Å². The Morgan fingerprint density at radius 3 is 0.727 bits per heavy atom. The fourth-order valence-corrected chi connectivity index (χ4v) is 5.35. The van der Waals surface area contributed by atoms with Gasteiger partial charge in [0.15, 0.2) is 11.1 Å². The Labute approximate surface area is 212 Å². The molecule has 0 heterocycles. The summed E-state index contributed by atoms with van der Waals surface area (Å²) < 4.78 is 19.3. The average molecular weight is 487 g/mol. The maximum absolute atomic E-state index is 10.6. The van der Waals surface area contributed by atoms with E-state index in [1.165, 1.54) is 167 Å². The lowest BCUT2D eigenvalue weighted by atomic mass is 10.0. The van der Waals surface area contributed by atoms with E-state index in [0.717, 1.165) is 12.8 Å². The van der Waals surface area contributed by atoms with Crippen molar-refractivity contribution in [1.29, 1.82) is 0 Å². The molecular formula is C30H62O2S. The summed E-state index contributed by atoms with van der Waals surface area (Å²) in [7, 11) is 0. The van der Waals surface area contributed by atoms with Crippen molar-refractivity contribution in [3.05, 3.63) is 0 Å². The molecule has 0 amide bonds. The molecule has 1 atom stereocenters. The van der Waals surface area contributed by atoms with Crippen LogP contribution in [-0.2, 0) is 11.1 Å². The van der Waals surface area contributed by atoms with Gasteiger partial charge in [0.25, 0.3) is 0 Å². The van der Waals surface area contributed by atoms with Gasteiger partial charge in [0.05, 0.1) is 0 Å². The van der Waals surface area contributed by atoms with Crippen molar-refractivity contribution in [1.82, 2.24) is 0 Å². The minimum absolute atomic E-state index is 0.458. The molecule has 0 aliphatic heterocycles. The number of rotatable bonds is 29. The van der Waals surface area contributed by atoms with E-state index in [9.17, 15) is 4.21 Å². The maximum atomic E-state index is 10.6. The van der Waals surface area contributed by atoms with Crippen molar-refractivity contribution >= 4 is 11.1 Å². The second-order valence-electron chi connectivity index (χ2n) is 10.6. The van der Waals surface area contributed by atoms with Crippen molar-refractivity contribution in [2.45, 2.75) is 187 Å². The Balaban J connectivity index is 3.01. The zero-order valence-electron chi connectivity index (χ0n) is 22.8. The highest BCUT2D eigenvalue weighted by atomic mass is 32.2. The van der Waals surface area contributed by atoms with Gasteiger partial charge < -0.3 is 4.55 Å². The Bertz CT molecular complexity index is 372. The molecule has 0 bridgehead atoms. The van der Waals surface area contributed by atoms with Crippen LogP contribution in [0.25, 0.3) is 0 Å². The fraction of sp³-hybridized carbons (Fsp3) is 1.00. The van der Waals surface area contributed by atoms with E-state index in [0.29, 0.717) is 5.75 Å². The van der Waals surface area contributed by atoms with Crippen LogP contribution >= 0.6 is 0 Å². The molecule has 0 aromatic rings. The largest absolute Gasteiger partial charge is 0.306 e. The van der Waals surface area contributed by atoms with Gasteiger partial charge in [-0.2, -0.15) is 0 Å². The second-order valence-corrected chi connectivity index (χ2v) is 11.6. The predicted octanol–water partition coefficient (Wildman–Crippen LogP) is 11.2. The van der Waals surface area contributed by atoms with Crippen molar-refractivity contribution in [2.24, 2.45) is 0 Å². The molecule has 0 radical (unpaired) electrons. The van der Waals surface area contributed by atoms with E-state index in [1.54, 1.807) is 0 Å². The molecule has 0 aromatic heterocycles. The molecule has 33 heavy (non-hydrogen) atoms. The Morgan fingerprint density at radius 2 is 0.545 bits per heavy atom. The van der Waals surface area contributed by atoms with E-state index < -0.39 is 11.1 Å². The van der Waals surface area contributed by atoms with Crippen molar-refractivity contribution in [3.8, 4) is 0 Å². The molecule has 200 valence electrons. The van der Waals surface area contributed by atoms with Gasteiger partial charge in [0.1, 0.15) is 0 Å². The lowest BCUT2D eigenvalue weighted by Gasteiger charge is -2.04. The smallest absolute Gasteiger partial charge is 0.152 e. The summed E-state index contributed by atoms with van der Waals surface area (Å²) in [6.07, 6.45) is 39.3. The molecule has 0 aliphatic carbocycles. The van der Waals surface area contributed by atoms with Gasteiger partial charge in [0, 0.05) is 5.75 Å². The zero-order chi connectivity index (χ0) is 24.1. The molecule has 0 aromatic carbocycles. The summed E-state index contributed by atoms with van der Waals surface area (Å²) in [6.45, 7) is 2.30. The van der Waals surface area contributed by atoms with Crippen LogP contribution in [0.2, 0.25) is 0 Å². The van der Waals surface area contributed by atoms with Gasteiger partial charge in [-0.1, -0.05) is 180 Å². The number of unbranched alkanes of at least 4 members (excludes halogenated alkanes) is 27. The van der Waals surface area contributed by atoms with Crippen LogP contribution in [-0.4, -0.2) is 14.5 Å². The summed E-state index contributed by atoms with van der Waals surface area (Å²) in [5, 5.41) is 0. The summed E-state index contributed by atoms with van der Waals surface area (Å²) in [5.41, 5.74) is 0. The lowest BCUT2D eigenvalue weighted by molar-refractivity contribution is 0.514. The first-order valence-corrected chi connectivity index (χ1v) is 16.6. The maximum Gasteiger partial charge on any atom is 0.152 e. The molecule has 0 aliphatic rings. The van der Waals surface area contributed by atoms with Gasteiger partial charge in [-0.25, -0.2) is 4.21 Å². The van der Waals surface area contributed by atoms with E-state index in [2.05, 4.69) is 6.92 Å². The molecule has 0 saturated heterocycles. The van der Waals surface area contributed by atoms with Gasteiger partial charge in [0.2, 0.25) is 0 Å². The third-order valence-electron chi connectivity index (χ3n) is 7.17. The molecular weight excluding hydrogens is 424 g/mol. The van der Waals surface area contributed by atoms with E-state index >= 15 is 0 Å². The third kappa shape index (κ3) is 32.1. The van der Waals surface area contributed by atoms with E-state index in [4.69, 9.17) is 4.55 Å². The first-order chi connectivity index (χ1) is 16.3. The monoisotopic (exact) mass is 486 g/mol. The lowest BCUT2D eigenvalue weighted by Crippen LogP contribution is -1.94. The summed E-state index contributed by atoms with van der Waals surface area (Å²) in [6, 6.07) is 0. The molecule has 3 heteroatoms. The van der Waals surface area contributed by atoms with Crippen LogP contribution in [0.3, 0.4) is 0 Å². The third-order valence-corrected chi connectivity index (χ3v) is 7.81. The highest BCUT2D eigenvalue weighted by Crippen LogP contribution is 2.16. The first kappa shape index (κ1) is 33.1. The quantitative estimate of drug-likeness (QED) is 0.0842. The summed E-state index contributed by atoms with van der Waals surface area (Å²) in [5.74, 6) is 0.458. The van der Waals surface area contributed by atoms with Gasteiger partial charge >= 0.3 is 0 Å². The molecule has 1 N–H and O–H groups in total. The zero-order valence-corrected chi connectivity index (χ0v) is 23.6. The standard InChI is InChI=1S/C30H62O2S/c1-2-3-4-5-6-7-8-9-10-11-12-13-14-15-16-17-18-19-20-21-22-23-24-25-26-27-28-29-30-33(31)32/h2-30H2,1H3,(H,31,32).